The van der Waals surface area contributed by atoms with Gasteiger partial charge in [0.1, 0.15) is 5.75 Å². The molecule has 2 nitrogen and oxygen atoms in total. The van der Waals surface area contributed by atoms with Crippen molar-refractivity contribution in [1.82, 2.24) is 5.32 Å². The molecule has 0 bridgehead atoms. The van der Waals surface area contributed by atoms with E-state index >= 15 is 0 Å². The van der Waals surface area contributed by atoms with Crippen LogP contribution in [0, 0.1) is 0 Å². The van der Waals surface area contributed by atoms with E-state index < -0.39 is 12.6 Å². The monoisotopic (exact) mass is 353 g/mol. The first-order chi connectivity index (χ1) is 9.35. The molecule has 1 atom stereocenters. The van der Waals surface area contributed by atoms with E-state index in [0.717, 1.165) is 10.0 Å². The highest BCUT2D eigenvalue weighted by Gasteiger charge is 2.28. The minimum atomic E-state index is -4.12. The molecule has 6 heteroatoms. The topological polar surface area (TPSA) is 21.3 Å². The lowest BCUT2D eigenvalue weighted by Crippen LogP contribution is -2.32. The SMILES string of the molecule is CCNC(CCC(F)(F)F)Cc1cc(Br)ccc1OC. The third-order valence-corrected chi connectivity index (χ3v) is 3.47. The van der Waals surface area contributed by atoms with Crippen molar-refractivity contribution in [3.8, 4) is 5.75 Å². The van der Waals surface area contributed by atoms with Crippen molar-refractivity contribution in [2.24, 2.45) is 0 Å². The summed E-state index contributed by atoms with van der Waals surface area (Å²) in [6.07, 6.45) is -4.32. The molecule has 0 saturated carbocycles. The van der Waals surface area contributed by atoms with Gasteiger partial charge in [-0.3, -0.25) is 0 Å². The quantitative estimate of drug-likeness (QED) is 0.788. The molecule has 0 fully saturated rings. The Morgan fingerprint density at radius 2 is 2.05 bits per heavy atom. The molecule has 0 saturated heterocycles. The number of alkyl halides is 3. The van der Waals surface area contributed by atoms with Crippen molar-refractivity contribution >= 4 is 15.9 Å². The molecule has 1 N–H and O–H groups in total. The summed E-state index contributed by atoms with van der Waals surface area (Å²) < 4.78 is 43.2. The molecular formula is C14H19BrF3NO. The second-order valence-corrected chi connectivity index (χ2v) is 5.48. The summed E-state index contributed by atoms with van der Waals surface area (Å²) >= 11 is 3.37. The van der Waals surface area contributed by atoms with Gasteiger partial charge in [-0.15, -0.1) is 0 Å². The third-order valence-electron chi connectivity index (χ3n) is 2.98. The summed E-state index contributed by atoms with van der Waals surface area (Å²) in [5.74, 6) is 0.697. The smallest absolute Gasteiger partial charge is 0.389 e. The minimum Gasteiger partial charge on any atom is -0.496 e. The van der Waals surface area contributed by atoms with Crippen molar-refractivity contribution in [2.75, 3.05) is 13.7 Å². The van der Waals surface area contributed by atoms with E-state index in [0.29, 0.717) is 18.7 Å². The predicted molar refractivity (Wildman–Crippen MR) is 77.2 cm³/mol. The Labute approximate surface area is 125 Å². The number of hydrogen-bond donors (Lipinski definition) is 1. The van der Waals surface area contributed by atoms with Gasteiger partial charge in [0.2, 0.25) is 0 Å². The van der Waals surface area contributed by atoms with Gasteiger partial charge in [-0.2, -0.15) is 13.2 Å². The highest BCUT2D eigenvalue weighted by atomic mass is 79.9. The molecule has 1 rings (SSSR count). The van der Waals surface area contributed by atoms with Crippen molar-refractivity contribution in [3.05, 3.63) is 28.2 Å². The molecule has 1 aromatic rings. The van der Waals surface area contributed by atoms with Crippen LogP contribution in [-0.2, 0) is 6.42 Å². The number of nitrogens with one attached hydrogen (secondary N) is 1. The Morgan fingerprint density at radius 3 is 2.60 bits per heavy atom. The summed E-state index contributed by atoms with van der Waals surface area (Å²) in [5.41, 5.74) is 0.898. The largest absolute Gasteiger partial charge is 0.496 e. The average Bonchev–Trinajstić information content (AvgIpc) is 2.35. The second kappa shape index (κ2) is 7.88. The molecule has 114 valence electrons. The van der Waals surface area contributed by atoms with Crippen LogP contribution < -0.4 is 10.1 Å². The third kappa shape index (κ3) is 6.13. The number of ether oxygens (including phenoxy) is 1. The first-order valence-corrected chi connectivity index (χ1v) is 7.27. The van der Waals surface area contributed by atoms with E-state index in [2.05, 4.69) is 21.2 Å². The number of halogens is 4. The van der Waals surface area contributed by atoms with Crippen molar-refractivity contribution < 1.29 is 17.9 Å². The molecule has 20 heavy (non-hydrogen) atoms. The van der Waals surface area contributed by atoms with Crippen molar-refractivity contribution in [1.29, 1.82) is 0 Å². The number of hydrogen-bond acceptors (Lipinski definition) is 2. The van der Waals surface area contributed by atoms with Crippen LogP contribution in [0.3, 0.4) is 0 Å². The molecule has 0 radical (unpaired) electrons. The fourth-order valence-corrected chi connectivity index (χ4v) is 2.48. The van der Waals surface area contributed by atoms with Crippen LogP contribution in [0.1, 0.15) is 25.3 Å². The van der Waals surface area contributed by atoms with Gasteiger partial charge >= 0.3 is 6.18 Å². The molecule has 0 heterocycles. The Kier molecular flexibility index (Phi) is 6.82. The molecule has 0 amide bonds. The van der Waals surface area contributed by atoms with E-state index in [-0.39, 0.29) is 12.5 Å². The number of benzene rings is 1. The Morgan fingerprint density at radius 1 is 1.35 bits per heavy atom. The van der Waals surface area contributed by atoms with Crippen LogP contribution in [0.2, 0.25) is 0 Å². The maximum atomic E-state index is 12.3. The average molecular weight is 354 g/mol. The first kappa shape index (κ1) is 17.3. The maximum absolute atomic E-state index is 12.3. The molecular weight excluding hydrogens is 335 g/mol. The Balaban J connectivity index is 2.76. The minimum absolute atomic E-state index is 0.0625. The van der Waals surface area contributed by atoms with Crippen LogP contribution in [0.15, 0.2) is 22.7 Å². The lowest BCUT2D eigenvalue weighted by molar-refractivity contribution is -0.136. The number of rotatable bonds is 7. The molecule has 0 aromatic heterocycles. The van der Waals surface area contributed by atoms with Crippen LogP contribution in [-0.4, -0.2) is 25.9 Å². The zero-order valence-electron chi connectivity index (χ0n) is 11.6. The summed E-state index contributed by atoms with van der Waals surface area (Å²) in [6, 6.07) is 5.33. The first-order valence-electron chi connectivity index (χ1n) is 6.48. The van der Waals surface area contributed by atoms with E-state index in [1.807, 2.05) is 25.1 Å². The van der Waals surface area contributed by atoms with Gasteiger partial charge in [-0.05, 0) is 43.1 Å². The standard InChI is InChI=1S/C14H19BrF3NO/c1-3-19-12(6-7-14(16,17)18)9-10-8-11(15)4-5-13(10)20-2/h4-5,8,12,19H,3,6-7,9H2,1-2H3. The Bertz CT molecular complexity index is 423. The zero-order chi connectivity index (χ0) is 15.2. The molecule has 0 aliphatic rings. The molecule has 0 aliphatic heterocycles. The van der Waals surface area contributed by atoms with Crippen LogP contribution in [0.25, 0.3) is 0 Å². The van der Waals surface area contributed by atoms with Crippen LogP contribution >= 0.6 is 15.9 Å². The van der Waals surface area contributed by atoms with E-state index in [1.54, 1.807) is 7.11 Å². The number of likely N-dealkylation sites (N-methyl/N-ethyl adjacent to an activating group) is 1. The molecule has 1 aromatic carbocycles. The van der Waals surface area contributed by atoms with Crippen LogP contribution in [0.5, 0.6) is 5.75 Å². The molecule has 0 aliphatic carbocycles. The van der Waals surface area contributed by atoms with Gasteiger partial charge in [0, 0.05) is 16.9 Å². The summed E-state index contributed by atoms with van der Waals surface area (Å²) in [5, 5.41) is 3.10. The zero-order valence-corrected chi connectivity index (χ0v) is 13.1. The summed E-state index contributed by atoms with van der Waals surface area (Å²) in [6.45, 7) is 2.53. The van der Waals surface area contributed by atoms with Gasteiger partial charge in [-0.25, -0.2) is 0 Å². The Hall–Kier alpha value is -0.750. The lowest BCUT2D eigenvalue weighted by Gasteiger charge is -2.20. The van der Waals surface area contributed by atoms with Gasteiger partial charge in [-0.1, -0.05) is 22.9 Å². The lowest BCUT2D eigenvalue weighted by atomic mass is 10.0. The number of methoxy groups -OCH3 is 1. The van der Waals surface area contributed by atoms with E-state index in [9.17, 15) is 13.2 Å². The van der Waals surface area contributed by atoms with Gasteiger partial charge < -0.3 is 10.1 Å². The highest BCUT2D eigenvalue weighted by molar-refractivity contribution is 9.10. The summed E-state index contributed by atoms with van der Waals surface area (Å²) in [4.78, 5) is 0. The van der Waals surface area contributed by atoms with Crippen LogP contribution in [0.4, 0.5) is 13.2 Å². The van der Waals surface area contributed by atoms with E-state index in [1.165, 1.54) is 0 Å². The normalized spacial score (nSPS) is 13.3. The summed E-state index contributed by atoms with van der Waals surface area (Å²) in [7, 11) is 1.56. The fourth-order valence-electron chi connectivity index (χ4n) is 2.07. The highest BCUT2D eigenvalue weighted by Crippen LogP contribution is 2.27. The van der Waals surface area contributed by atoms with Gasteiger partial charge in [0.25, 0.3) is 0 Å². The molecule has 1 unspecified atom stereocenters. The second-order valence-electron chi connectivity index (χ2n) is 4.57. The maximum Gasteiger partial charge on any atom is 0.389 e. The van der Waals surface area contributed by atoms with Crippen molar-refractivity contribution in [3.63, 3.8) is 0 Å². The molecule has 0 spiro atoms. The predicted octanol–water partition coefficient (Wildman–Crippen LogP) is 4.32. The fraction of sp³-hybridized carbons (Fsp3) is 0.571. The van der Waals surface area contributed by atoms with Gasteiger partial charge in [0.05, 0.1) is 7.11 Å². The van der Waals surface area contributed by atoms with E-state index in [4.69, 9.17) is 4.74 Å². The van der Waals surface area contributed by atoms with Gasteiger partial charge in [0.15, 0.2) is 0 Å². The van der Waals surface area contributed by atoms with Crippen molar-refractivity contribution in [2.45, 2.75) is 38.4 Å².